The van der Waals surface area contributed by atoms with Gasteiger partial charge in [-0.05, 0) is 41.1 Å². The Hall–Kier alpha value is -0.260. The molecular weight excluding hydrogens is 346 g/mol. The predicted molar refractivity (Wildman–Crippen MR) is 85.0 cm³/mol. The Labute approximate surface area is 130 Å². The number of halogens is 2. The number of hydrogen-bond acceptors (Lipinski definition) is 3. The van der Waals surface area contributed by atoms with Crippen molar-refractivity contribution in [3.05, 3.63) is 22.6 Å². The molecule has 0 aliphatic heterocycles. The summed E-state index contributed by atoms with van der Waals surface area (Å²) in [5.41, 5.74) is 1.89. The lowest BCUT2D eigenvalue weighted by molar-refractivity contribution is 0.524. The molecule has 2 heterocycles. The summed E-state index contributed by atoms with van der Waals surface area (Å²) in [5.74, 6) is 1.37. The fourth-order valence-electron chi connectivity index (χ4n) is 2.92. The molecule has 1 fully saturated rings. The molecule has 0 amide bonds. The molecule has 0 radical (unpaired) electrons. The maximum absolute atomic E-state index is 6.08. The fraction of sp³-hybridized carbons (Fsp3) is 0.538. The van der Waals surface area contributed by atoms with Crippen molar-refractivity contribution in [3.8, 4) is 0 Å². The number of fused-ring (bicyclic) bond motifs is 1. The van der Waals surface area contributed by atoms with Gasteiger partial charge in [-0.3, -0.25) is 0 Å². The summed E-state index contributed by atoms with van der Waals surface area (Å²) in [4.78, 5) is 9.18. The van der Waals surface area contributed by atoms with Crippen LogP contribution in [0.3, 0.4) is 0 Å². The number of nitrogens with zero attached hydrogens (tertiary/aromatic N) is 3. The summed E-state index contributed by atoms with van der Waals surface area (Å²) < 4.78 is 3.22. The zero-order valence-electron chi connectivity index (χ0n) is 10.6. The van der Waals surface area contributed by atoms with Crippen molar-refractivity contribution in [1.82, 2.24) is 14.5 Å². The molecule has 2 atom stereocenters. The van der Waals surface area contributed by atoms with Crippen molar-refractivity contribution in [2.75, 3.05) is 6.26 Å². The minimum Gasteiger partial charge on any atom is -0.307 e. The maximum atomic E-state index is 6.08. The molecular formula is C13H15BrClN3S. The molecule has 1 aliphatic carbocycles. The first-order chi connectivity index (χ1) is 9.24. The van der Waals surface area contributed by atoms with Crippen LogP contribution in [0.5, 0.6) is 0 Å². The standard InChI is InChI=1S/C13H15BrClN3S/c1-19-11-4-2-3-10(11)18-12(6-15)17-9-5-8(14)7-16-13(9)18/h5,7,10-11H,2-4,6H2,1H3. The van der Waals surface area contributed by atoms with Crippen LogP contribution < -0.4 is 0 Å². The lowest BCUT2D eigenvalue weighted by Gasteiger charge is -2.21. The van der Waals surface area contributed by atoms with Crippen LogP contribution in [0.1, 0.15) is 31.1 Å². The van der Waals surface area contributed by atoms with Gasteiger partial charge in [-0.15, -0.1) is 11.6 Å². The lowest BCUT2D eigenvalue weighted by atomic mass is 10.2. The second kappa shape index (κ2) is 5.62. The Morgan fingerprint density at radius 3 is 3.11 bits per heavy atom. The van der Waals surface area contributed by atoms with Crippen molar-refractivity contribution >= 4 is 50.5 Å². The summed E-state index contributed by atoms with van der Waals surface area (Å²) in [6, 6.07) is 2.49. The SMILES string of the molecule is CSC1CCCC1n1c(CCl)nc2cc(Br)cnc21. The minimum atomic E-state index is 0.436. The van der Waals surface area contributed by atoms with Crippen LogP contribution in [0.25, 0.3) is 11.2 Å². The van der Waals surface area contributed by atoms with E-state index in [0.717, 1.165) is 21.5 Å². The largest absolute Gasteiger partial charge is 0.307 e. The van der Waals surface area contributed by atoms with Crippen molar-refractivity contribution in [1.29, 1.82) is 0 Å². The Balaban J connectivity index is 2.15. The Morgan fingerprint density at radius 2 is 2.37 bits per heavy atom. The van der Waals surface area contributed by atoms with Crippen LogP contribution in [0.15, 0.2) is 16.7 Å². The van der Waals surface area contributed by atoms with E-state index in [9.17, 15) is 0 Å². The molecule has 102 valence electrons. The molecule has 6 heteroatoms. The van der Waals surface area contributed by atoms with E-state index in [0.29, 0.717) is 17.2 Å². The van der Waals surface area contributed by atoms with E-state index >= 15 is 0 Å². The molecule has 19 heavy (non-hydrogen) atoms. The molecule has 0 N–H and O–H groups in total. The first-order valence-corrected chi connectivity index (χ1v) is 8.97. The van der Waals surface area contributed by atoms with E-state index in [4.69, 9.17) is 11.6 Å². The second-order valence-electron chi connectivity index (χ2n) is 4.80. The molecule has 3 rings (SSSR count). The number of thioether (sulfide) groups is 1. The average molecular weight is 361 g/mol. The van der Waals surface area contributed by atoms with E-state index in [1.54, 1.807) is 0 Å². The van der Waals surface area contributed by atoms with Crippen LogP contribution in [0.2, 0.25) is 0 Å². The number of alkyl halides is 1. The normalized spacial score (nSPS) is 23.3. The molecule has 2 unspecified atom stereocenters. The summed E-state index contributed by atoms with van der Waals surface area (Å²) in [6.07, 6.45) is 7.75. The molecule has 1 aliphatic rings. The average Bonchev–Trinajstić information content (AvgIpc) is 3.00. The molecule has 2 aromatic rings. The van der Waals surface area contributed by atoms with E-state index in [2.05, 4.69) is 36.7 Å². The highest BCUT2D eigenvalue weighted by molar-refractivity contribution is 9.10. The van der Waals surface area contributed by atoms with Crippen LogP contribution in [0.4, 0.5) is 0 Å². The first kappa shape index (κ1) is 13.7. The van der Waals surface area contributed by atoms with Crippen molar-refractivity contribution in [3.63, 3.8) is 0 Å². The van der Waals surface area contributed by atoms with Crippen LogP contribution in [0, 0.1) is 0 Å². The zero-order chi connectivity index (χ0) is 13.4. The van der Waals surface area contributed by atoms with Gasteiger partial charge in [0.1, 0.15) is 11.3 Å². The summed E-state index contributed by atoms with van der Waals surface area (Å²) in [6.45, 7) is 0. The number of aromatic nitrogens is 3. The number of rotatable bonds is 3. The molecule has 0 aromatic carbocycles. The van der Waals surface area contributed by atoms with Gasteiger partial charge in [-0.25, -0.2) is 9.97 Å². The van der Waals surface area contributed by atoms with Crippen molar-refractivity contribution < 1.29 is 0 Å². The smallest absolute Gasteiger partial charge is 0.160 e. The number of hydrogen-bond donors (Lipinski definition) is 0. The van der Waals surface area contributed by atoms with Gasteiger partial charge < -0.3 is 4.57 Å². The molecule has 0 saturated heterocycles. The van der Waals surface area contributed by atoms with E-state index in [1.165, 1.54) is 19.3 Å². The molecule has 0 spiro atoms. The number of imidazole rings is 1. The van der Waals surface area contributed by atoms with Gasteiger partial charge in [0.2, 0.25) is 0 Å². The number of pyridine rings is 1. The van der Waals surface area contributed by atoms with Gasteiger partial charge in [-0.2, -0.15) is 11.8 Å². The Morgan fingerprint density at radius 1 is 1.53 bits per heavy atom. The summed E-state index contributed by atoms with van der Waals surface area (Å²) >= 11 is 11.5. The lowest BCUT2D eigenvalue weighted by Crippen LogP contribution is -2.18. The second-order valence-corrected chi connectivity index (χ2v) is 7.06. The molecule has 1 saturated carbocycles. The maximum Gasteiger partial charge on any atom is 0.160 e. The molecule has 0 bridgehead atoms. The Bertz CT molecular complexity index is 601. The quantitative estimate of drug-likeness (QED) is 0.761. The zero-order valence-corrected chi connectivity index (χ0v) is 13.8. The third-order valence-electron chi connectivity index (χ3n) is 3.74. The third-order valence-corrected chi connectivity index (χ3v) is 5.57. The molecule has 3 nitrogen and oxygen atoms in total. The van der Waals surface area contributed by atoms with Crippen molar-refractivity contribution in [2.24, 2.45) is 0 Å². The van der Waals surface area contributed by atoms with E-state index < -0.39 is 0 Å². The van der Waals surface area contributed by atoms with Crippen LogP contribution in [-0.4, -0.2) is 26.0 Å². The van der Waals surface area contributed by atoms with Gasteiger partial charge >= 0.3 is 0 Å². The van der Waals surface area contributed by atoms with Gasteiger partial charge in [-0.1, -0.05) is 6.42 Å². The molecule has 2 aromatic heterocycles. The summed E-state index contributed by atoms with van der Waals surface area (Å²) in [5, 5.41) is 0.643. The van der Waals surface area contributed by atoms with E-state index in [1.807, 2.05) is 24.0 Å². The highest BCUT2D eigenvalue weighted by atomic mass is 79.9. The highest BCUT2D eigenvalue weighted by Gasteiger charge is 2.31. The van der Waals surface area contributed by atoms with Crippen LogP contribution in [-0.2, 0) is 5.88 Å². The summed E-state index contributed by atoms with van der Waals surface area (Å²) in [7, 11) is 0. The van der Waals surface area contributed by atoms with Gasteiger partial charge in [0, 0.05) is 22.0 Å². The highest BCUT2D eigenvalue weighted by Crippen LogP contribution is 2.39. The third kappa shape index (κ3) is 2.41. The topological polar surface area (TPSA) is 30.7 Å². The Kier molecular flexibility index (Phi) is 4.06. The van der Waals surface area contributed by atoms with Crippen molar-refractivity contribution in [2.45, 2.75) is 36.4 Å². The predicted octanol–water partition coefficient (Wildman–Crippen LogP) is 4.39. The minimum absolute atomic E-state index is 0.436. The monoisotopic (exact) mass is 359 g/mol. The first-order valence-electron chi connectivity index (χ1n) is 6.35. The van der Waals surface area contributed by atoms with Gasteiger partial charge in [0.15, 0.2) is 5.65 Å². The van der Waals surface area contributed by atoms with Gasteiger partial charge in [0.05, 0.1) is 5.88 Å². The fourth-order valence-corrected chi connectivity index (χ4v) is 4.41. The van der Waals surface area contributed by atoms with Crippen LogP contribution >= 0.6 is 39.3 Å². The van der Waals surface area contributed by atoms with Gasteiger partial charge in [0.25, 0.3) is 0 Å². The van der Waals surface area contributed by atoms with E-state index in [-0.39, 0.29) is 0 Å².